The van der Waals surface area contributed by atoms with Crippen molar-refractivity contribution in [3.05, 3.63) is 35.0 Å². The van der Waals surface area contributed by atoms with Crippen LogP contribution in [0.5, 0.6) is 0 Å². The van der Waals surface area contributed by atoms with E-state index in [0.29, 0.717) is 47.8 Å². The van der Waals surface area contributed by atoms with Crippen LogP contribution in [-0.2, 0) is 5.60 Å². The number of fused-ring (bicyclic) bond motifs is 1. The number of hydrogen-bond donors (Lipinski definition) is 4. The van der Waals surface area contributed by atoms with E-state index >= 15 is 4.39 Å². The van der Waals surface area contributed by atoms with Crippen LogP contribution in [0.15, 0.2) is 18.3 Å². The molecule has 2 aromatic heterocycles. The maximum absolute atomic E-state index is 15.3. The smallest absolute Gasteiger partial charge is 0.223 e. The van der Waals surface area contributed by atoms with Crippen LogP contribution >= 0.6 is 11.6 Å². The first-order chi connectivity index (χ1) is 17.2. The molecule has 0 saturated heterocycles. The van der Waals surface area contributed by atoms with Crippen molar-refractivity contribution in [2.75, 3.05) is 5.32 Å². The Bertz CT molecular complexity index is 1290. The molecule has 0 aliphatic heterocycles. The standard InChI is InChI=1S/C27H37ClFN5O3/c1-14(2)11-27(37)8-7-19(21(35)12-27)31-25-30-13-17(28)22(33-25)16-9-18(29)23-20(10-16)34(15(3)4)24(32-23)26(5,6)36/h9-10,13-15,19,21,35-37H,7-8,11-12H2,1-6H3,(H,30,31,33)/t19-,21+,27-/m1/s1. The molecule has 1 aliphatic carbocycles. The lowest BCUT2D eigenvalue weighted by Crippen LogP contribution is -2.48. The predicted octanol–water partition coefficient (Wildman–Crippen LogP) is 5.20. The Morgan fingerprint density at radius 1 is 1.24 bits per heavy atom. The number of aliphatic hydroxyl groups excluding tert-OH is 1. The van der Waals surface area contributed by atoms with Gasteiger partial charge in [-0.2, -0.15) is 0 Å². The van der Waals surface area contributed by atoms with E-state index in [9.17, 15) is 15.3 Å². The summed E-state index contributed by atoms with van der Waals surface area (Å²) in [5.74, 6) is 0.406. The largest absolute Gasteiger partial charge is 0.391 e. The van der Waals surface area contributed by atoms with Gasteiger partial charge in [0.25, 0.3) is 0 Å². The average Bonchev–Trinajstić information content (AvgIpc) is 3.17. The van der Waals surface area contributed by atoms with Crippen molar-refractivity contribution in [2.24, 2.45) is 5.92 Å². The summed E-state index contributed by atoms with van der Waals surface area (Å²) in [5.41, 5.74) is -0.674. The molecular weight excluding hydrogens is 497 g/mol. The predicted molar refractivity (Wildman–Crippen MR) is 143 cm³/mol. The van der Waals surface area contributed by atoms with Crippen LogP contribution in [0.3, 0.4) is 0 Å². The van der Waals surface area contributed by atoms with Crippen molar-refractivity contribution in [3.63, 3.8) is 0 Å². The molecule has 37 heavy (non-hydrogen) atoms. The van der Waals surface area contributed by atoms with E-state index < -0.39 is 23.1 Å². The number of hydrogen-bond acceptors (Lipinski definition) is 7. The highest BCUT2D eigenvalue weighted by Gasteiger charge is 2.39. The van der Waals surface area contributed by atoms with Gasteiger partial charge in [0.05, 0.1) is 40.2 Å². The van der Waals surface area contributed by atoms with E-state index in [1.165, 1.54) is 12.3 Å². The van der Waals surface area contributed by atoms with E-state index in [2.05, 4.69) is 34.1 Å². The van der Waals surface area contributed by atoms with E-state index in [0.717, 1.165) is 0 Å². The fraction of sp³-hybridized carbons (Fsp3) is 0.593. The zero-order valence-corrected chi connectivity index (χ0v) is 23.0. The molecule has 0 spiro atoms. The normalized spacial score (nSPS) is 22.8. The van der Waals surface area contributed by atoms with Gasteiger partial charge in [0, 0.05) is 18.0 Å². The van der Waals surface area contributed by atoms with Gasteiger partial charge in [-0.25, -0.2) is 19.3 Å². The van der Waals surface area contributed by atoms with E-state index in [-0.39, 0.29) is 35.0 Å². The summed E-state index contributed by atoms with van der Waals surface area (Å²) in [7, 11) is 0. The van der Waals surface area contributed by atoms with Crippen LogP contribution in [-0.4, -0.2) is 52.6 Å². The highest BCUT2D eigenvalue weighted by Crippen LogP contribution is 2.37. The highest BCUT2D eigenvalue weighted by molar-refractivity contribution is 6.33. The van der Waals surface area contributed by atoms with E-state index in [1.54, 1.807) is 19.9 Å². The van der Waals surface area contributed by atoms with Crippen LogP contribution in [0.25, 0.3) is 22.3 Å². The third-order valence-electron chi connectivity index (χ3n) is 6.91. The van der Waals surface area contributed by atoms with Crippen molar-refractivity contribution >= 4 is 28.6 Å². The van der Waals surface area contributed by atoms with Crippen molar-refractivity contribution in [3.8, 4) is 11.3 Å². The van der Waals surface area contributed by atoms with E-state index in [4.69, 9.17) is 11.6 Å². The second kappa shape index (κ2) is 10.1. The van der Waals surface area contributed by atoms with Gasteiger partial charge in [-0.1, -0.05) is 25.4 Å². The molecule has 0 unspecified atom stereocenters. The minimum atomic E-state index is -1.26. The Hall–Kier alpha value is -2.33. The maximum Gasteiger partial charge on any atom is 0.223 e. The van der Waals surface area contributed by atoms with Crippen molar-refractivity contribution in [1.82, 2.24) is 19.5 Å². The molecule has 0 radical (unpaired) electrons. The zero-order valence-electron chi connectivity index (χ0n) is 22.3. The van der Waals surface area contributed by atoms with Gasteiger partial charge < -0.3 is 25.2 Å². The van der Waals surface area contributed by atoms with Crippen LogP contribution in [0.4, 0.5) is 10.3 Å². The molecule has 202 valence electrons. The topological polar surface area (TPSA) is 116 Å². The van der Waals surface area contributed by atoms with Crippen molar-refractivity contribution < 1.29 is 19.7 Å². The fourth-order valence-electron chi connectivity index (χ4n) is 5.41. The molecule has 2 heterocycles. The van der Waals surface area contributed by atoms with Crippen molar-refractivity contribution in [1.29, 1.82) is 0 Å². The summed E-state index contributed by atoms with van der Waals surface area (Å²) in [4.78, 5) is 13.2. The number of halogens is 2. The summed E-state index contributed by atoms with van der Waals surface area (Å²) in [6, 6.07) is 2.67. The lowest BCUT2D eigenvalue weighted by atomic mass is 9.76. The lowest BCUT2D eigenvalue weighted by molar-refractivity contribution is -0.0620. The number of benzene rings is 1. The van der Waals surface area contributed by atoms with Crippen LogP contribution < -0.4 is 5.32 Å². The average molecular weight is 534 g/mol. The molecule has 0 bridgehead atoms. The summed E-state index contributed by atoms with van der Waals surface area (Å²) >= 11 is 6.45. The van der Waals surface area contributed by atoms with Crippen molar-refractivity contribution in [2.45, 2.75) is 96.6 Å². The first-order valence-electron chi connectivity index (χ1n) is 12.8. The molecule has 1 saturated carbocycles. The van der Waals surface area contributed by atoms with Gasteiger partial charge in [0.15, 0.2) is 5.82 Å². The second-order valence-corrected chi connectivity index (χ2v) is 12.0. The molecule has 10 heteroatoms. The molecule has 1 aliphatic rings. The van der Waals surface area contributed by atoms with Crippen LogP contribution in [0.1, 0.15) is 79.1 Å². The molecule has 0 amide bonds. The highest BCUT2D eigenvalue weighted by atomic mass is 35.5. The molecule has 4 N–H and O–H groups in total. The fourth-order valence-corrected chi connectivity index (χ4v) is 5.61. The van der Waals surface area contributed by atoms with Gasteiger partial charge >= 0.3 is 0 Å². The quantitative estimate of drug-likeness (QED) is 0.330. The van der Waals surface area contributed by atoms with Crippen LogP contribution in [0, 0.1) is 11.7 Å². The third kappa shape index (κ3) is 5.74. The number of anilines is 1. The summed E-state index contributed by atoms with van der Waals surface area (Å²) in [6.07, 6.45) is 2.70. The number of aromatic nitrogens is 4. The lowest BCUT2D eigenvalue weighted by Gasteiger charge is -2.40. The molecule has 8 nitrogen and oxygen atoms in total. The molecule has 4 rings (SSSR count). The van der Waals surface area contributed by atoms with Crippen LogP contribution in [0.2, 0.25) is 5.02 Å². The summed E-state index contributed by atoms with van der Waals surface area (Å²) in [5, 5.41) is 35.7. The second-order valence-electron chi connectivity index (χ2n) is 11.6. The first kappa shape index (κ1) is 27.7. The molecule has 1 fully saturated rings. The van der Waals surface area contributed by atoms with E-state index in [1.807, 2.05) is 18.4 Å². The molecular formula is C27H37ClFN5O3. The number of imidazole rings is 1. The maximum atomic E-state index is 15.3. The molecule has 3 aromatic rings. The SMILES string of the molecule is CC(C)C[C@]1(O)CC[C@@H](Nc2ncc(Cl)c(-c3cc(F)c4nc(C(C)(C)O)n(C(C)C)c4c3)n2)[C@@H](O)C1. The van der Waals surface area contributed by atoms with Gasteiger partial charge in [0.2, 0.25) is 5.95 Å². The minimum Gasteiger partial charge on any atom is -0.391 e. The van der Waals surface area contributed by atoms with Gasteiger partial charge in [0.1, 0.15) is 16.9 Å². The Labute approximate surface area is 221 Å². The Morgan fingerprint density at radius 3 is 2.54 bits per heavy atom. The van der Waals surface area contributed by atoms with Gasteiger partial charge in [-0.15, -0.1) is 0 Å². The monoisotopic (exact) mass is 533 g/mol. The molecule has 1 aromatic carbocycles. The first-order valence-corrected chi connectivity index (χ1v) is 13.2. The Kier molecular flexibility index (Phi) is 7.56. The number of nitrogens with zero attached hydrogens (tertiary/aromatic N) is 4. The number of rotatable bonds is 7. The zero-order chi connectivity index (χ0) is 27.3. The van der Waals surface area contributed by atoms with Gasteiger partial charge in [-0.05, 0) is 65.0 Å². The Morgan fingerprint density at radius 2 is 1.95 bits per heavy atom. The van der Waals surface area contributed by atoms with Gasteiger partial charge in [-0.3, -0.25) is 0 Å². The summed E-state index contributed by atoms with van der Waals surface area (Å²) < 4.78 is 17.1. The number of nitrogens with one attached hydrogen (secondary N) is 1. The third-order valence-corrected chi connectivity index (χ3v) is 7.18. The summed E-state index contributed by atoms with van der Waals surface area (Å²) in [6.45, 7) is 11.2. The minimum absolute atomic E-state index is 0.0821. The Balaban J connectivity index is 1.67. The molecule has 3 atom stereocenters. The number of aliphatic hydroxyl groups is 3.